The lowest BCUT2D eigenvalue weighted by molar-refractivity contribution is -0.146. The fourth-order valence-electron chi connectivity index (χ4n) is 3.81. The van der Waals surface area contributed by atoms with Crippen molar-refractivity contribution in [2.45, 2.75) is 57.5 Å². The summed E-state index contributed by atoms with van der Waals surface area (Å²) < 4.78 is 4.96. The van der Waals surface area contributed by atoms with Gasteiger partial charge in [-0.2, -0.15) is 0 Å². The van der Waals surface area contributed by atoms with Crippen molar-refractivity contribution in [2.75, 3.05) is 0 Å². The lowest BCUT2D eigenvalue weighted by Gasteiger charge is -2.47. The van der Waals surface area contributed by atoms with Crippen LogP contribution in [0.4, 0.5) is 0 Å². The first-order chi connectivity index (χ1) is 10.1. The summed E-state index contributed by atoms with van der Waals surface area (Å²) in [6.07, 6.45) is 7.03. The van der Waals surface area contributed by atoms with Gasteiger partial charge in [-0.15, -0.1) is 0 Å². The minimum absolute atomic E-state index is 0.0374. The number of aryl methyl sites for hydroxylation is 1. The zero-order valence-electron chi connectivity index (χ0n) is 12.1. The number of carbonyl (C=O) groups excluding carboxylic acids is 1. The van der Waals surface area contributed by atoms with Gasteiger partial charge in [0.2, 0.25) is 0 Å². The molecule has 1 aromatic rings. The lowest BCUT2D eigenvalue weighted by Crippen LogP contribution is -2.57. The fourth-order valence-corrected chi connectivity index (χ4v) is 3.81. The van der Waals surface area contributed by atoms with Crippen LogP contribution in [0.1, 0.15) is 54.6 Å². The highest BCUT2D eigenvalue weighted by atomic mass is 16.5. The molecular formula is C15H20N2O4. The van der Waals surface area contributed by atoms with E-state index in [0.717, 1.165) is 25.7 Å². The number of rotatable bonds is 2. The van der Waals surface area contributed by atoms with E-state index >= 15 is 0 Å². The molecule has 1 saturated heterocycles. The van der Waals surface area contributed by atoms with E-state index in [1.807, 2.05) is 0 Å². The van der Waals surface area contributed by atoms with E-state index in [9.17, 15) is 14.7 Å². The predicted octanol–water partition coefficient (Wildman–Crippen LogP) is 2.23. The van der Waals surface area contributed by atoms with Gasteiger partial charge < -0.3 is 14.5 Å². The van der Waals surface area contributed by atoms with Crippen LogP contribution in [0.15, 0.2) is 10.7 Å². The molecule has 6 nitrogen and oxygen atoms in total. The SMILES string of the molecule is Cc1oncc1C(=O)N1C(C(=O)O)CCC2CCCCC21. The smallest absolute Gasteiger partial charge is 0.326 e. The van der Waals surface area contributed by atoms with E-state index in [1.54, 1.807) is 11.8 Å². The summed E-state index contributed by atoms with van der Waals surface area (Å²) in [4.78, 5) is 26.0. The van der Waals surface area contributed by atoms with Gasteiger partial charge in [-0.05, 0) is 38.5 Å². The first-order valence-corrected chi connectivity index (χ1v) is 7.56. The fraction of sp³-hybridized carbons (Fsp3) is 0.667. The van der Waals surface area contributed by atoms with Crippen LogP contribution in [0.3, 0.4) is 0 Å². The summed E-state index contributed by atoms with van der Waals surface area (Å²) in [5.41, 5.74) is 0.382. The lowest BCUT2D eigenvalue weighted by atomic mass is 9.76. The van der Waals surface area contributed by atoms with Crippen molar-refractivity contribution < 1.29 is 19.2 Å². The molecule has 3 rings (SSSR count). The molecule has 1 aromatic heterocycles. The Morgan fingerprint density at radius 2 is 2.05 bits per heavy atom. The second kappa shape index (κ2) is 5.50. The zero-order valence-corrected chi connectivity index (χ0v) is 12.1. The predicted molar refractivity (Wildman–Crippen MR) is 73.8 cm³/mol. The average Bonchev–Trinajstić information content (AvgIpc) is 2.91. The Kier molecular flexibility index (Phi) is 3.69. The van der Waals surface area contributed by atoms with Crippen molar-refractivity contribution >= 4 is 11.9 Å². The van der Waals surface area contributed by atoms with Gasteiger partial charge in [-0.25, -0.2) is 4.79 Å². The normalized spacial score (nSPS) is 29.0. The van der Waals surface area contributed by atoms with Crippen LogP contribution < -0.4 is 0 Å². The Morgan fingerprint density at radius 1 is 1.29 bits per heavy atom. The van der Waals surface area contributed by atoms with Crippen molar-refractivity contribution in [1.29, 1.82) is 0 Å². The van der Waals surface area contributed by atoms with E-state index in [-0.39, 0.29) is 11.9 Å². The molecule has 21 heavy (non-hydrogen) atoms. The molecule has 114 valence electrons. The molecule has 0 radical (unpaired) electrons. The van der Waals surface area contributed by atoms with Gasteiger partial charge in [-0.1, -0.05) is 18.0 Å². The maximum atomic E-state index is 12.8. The number of carboxylic acid groups (broad SMARTS) is 1. The molecular weight excluding hydrogens is 272 g/mol. The van der Waals surface area contributed by atoms with Crippen LogP contribution in [-0.2, 0) is 4.79 Å². The van der Waals surface area contributed by atoms with Gasteiger partial charge in [0.15, 0.2) is 0 Å². The average molecular weight is 292 g/mol. The quantitative estimate of drug-likeness (QED) is 0.903. The highest BCUT2D eigenvalue weighted by Crippen LogP contribution is 2.38. The minimum atomic E-state index is -0.915. The Morgan fingerprint density at radius 3 is 2.71 bits per heavy atom. The molecule has 1 amide bonds. The first kappa shape index (κ1) is 14.1. The number of carboxylic acids is 1. The Bertz CT molecular complexity index is 554. The largest absolute Gasteiger partial charge is 0.480 e. The standard InChI is InChI=1S/C15H20N2O4/c1-9-11(8-16-21-9)14(18)17-12-5-3-2-4-10(12)6-7-13(17)15(19)20/h8,10,12-13H,2-7H2,1H3,(H,19,20). The number of likely N-dealkylation sites (tertiary alicyclic amines) is 1. The number of hydrogen-bond acceptors (Lipinski definition) is 4. The van der Waals surface area contributed by atoms with Crippen LogP contribution >= 0.6 is 0 Å². The number of fused-ring (bicyclic) bond motifs is 1. The van der Waals surface area contributed by atoms with E-state index in [2.05, 4.69) is 5.16 Å². The Hall–Kier alpha value is -1.85. The number of nitrogens with zero attached hydrogens (tertiary/aromatic N) is 2. The van der Waals surface area contributed by atoms with Gasteiger partial charge >= 0.3 is 5.97 Å². The highest BCUT2D eigenvalue weighted by molar-refractivity contribution is 5.97. The molecule has 3 atom stereocenters. The van der Waals surface area contributed by atoms with E-state index in [1.165, 1.54) is 12.6 Å². The topological polar surface area (TPSA) is 83.6 Å². The summed E-state index contributed by atoms with van der Waals surface area (Å²) in [5, 5.41) is 13.1. The maximum Gasteiger partial charge on any atom is 0.326 e. The van der Waals surface area contributed by atoms with Crippen LogP contribution in [-0.4, -0.2) is 39.1 Å². The second-order valence-electron chi connectivity index (χ2n) is 6.05. The number of amides is 1. The molecule has 2 aliphatic rings. The van der Waals surface area contributed by atoms with Gasteiger partial charge in [0.05, 0.1) is 6.20 Å². The maximum absolute atomic E-state index is 12.8. The van der Waals surface area contributed by atoms with Crippen LogP contribution in [0.25, 0.3) is 0 Å². The molecule has 1 aliphatic heterocycles. The van der Waals surface area contributed by atoms with E-state index in [0.29, 0.717) is 23.7 Å². The van der Waals surface area contributed by atoms with Crippen molar-refractivity contribution in [3.8, 4) is 0 Å². The van der Waals surface area contributed by atoms with Gasteiger partial charge in [0, 0.05) is 6.04 Å². The summed E-state index contributed by atoms with van der Waals surface area (Å²) in [7, 11) is 0. The summed E-state index contributed by atoms with van der Waals surface area (Å²) >= 11 is 0. The first-order valence-electron chi connectivity index (χ1n) is 7.56. The third-order valence-corrected chi connectivity index (χ3v) is 4.87. The third-order valence-electron chi connectivity index (χ3n) is 4.87. The highest BCUT2D eigenvalue weighted by Gasteiger charge is 2.44. The van der Waals surface area contributed by atoms with E-state index in [4.69, 9.17) is 4.52 Å². The van der Waals surface area contributed by atoms with Crippen LogP contribution in [0.2, 0.25) is 0 Å². The molecule has 0 aromatic carbocycles. The number of carbonyl (C=O) groups is 2. The van der Waals surface area contributed by atoms with E-state index < -0.39 is 12.0 Å². The molecule has 6 heteroatoms. The van der Waals surface area contributed by atoms with Crippen LogP contribution in [0, 0.1) is 12.8 Å². The number of piperidine rings is 1. The molecule has 0 spiro atoms. The molecule has 2 heterocycles. The monoisotopic (exact) mass is 292 g/mol. The minimum Gasteiger partial charge on any atom is -0.480 e. The van der Waals surface area contributed by atoms with Crippen LogP contribution in [0.5, 0.6) is 0 Å². The molecule has 1 saturated carbocycles. The van der Waals surface area contributed by atoms with Crippen molar-refractivity contribution in [3.63, 3.8) is 0 Å². The van der Waals surface area contributed by atoms with Crippen molar-refractivity contribution in [3.05, 3.63) is 17.5 Å². The number of hydrogen-bond donors (Lipinski definition) is 1. The van der Waals surface area contributed by atoms with Crippen molar-refractivity contribution in [2.24, 2.45) is 5.92 Å². The number of aliphatic carboxylic acids is 1. The molecule has 0 bridgehead atoms. The van der Waals surface area contributed by atoms with Gasteiger partial charge in [-0.3, -0.25) is 4.79 Å². The third kappa shape index (κ3) is 2.43. The Labute approximate surface area is 123 Å². The van der Waals surface area contributed by atoms with Gasteiger partial charge in [0.1, 0.15) is 17.4 Å². The molecule has 1 aliphatic carbocycles. The van der Waals surface area contributed by atoms with Gasteiger partial charge in [0.25, 0.3) is 5.91 Å². The molecule has 3 unspecified atom stereocenters. The zero-order chi connectivity index (χ0) is 15.0. The Balaban J connectivity index is 1.94. The molecule has 1 N–H and O–H groups in total. The summed E-state index contributed by atoms with van der Waals surface area (Å²) in [6.45, 7) is 1.68. The summed E-state index contributed by atoms with van der Waals surface area (Å²) in [6, 6.07) is -0.693. The van der Waals surface area contributed by atoms with Crippen molar-refractivity contribution in [1.82, 2.24) is 10.1 Å². The second-order valence-corrected chi connectivity index (χ2v) is 6.05. The number of aromatic nitrogens is 1. The summed E-state index contributed by atoms with van der Waals surface area (Å²) in [5.74, 6) is -0.292. The molecule has 2 fully saturated rings.